The minimum absolute atomic E-state index is 0.0905. The molecular formula is C17H15BrClFN2O2. The zero-order chi connectivity index (χ0) is 17.3. The number of carbonyl (C=O) groups excluding carboxylic acids is 1. The summed E-state index contributed by atoms with van der Waals surface area (Å²) in [5, 5.41) is 13.0. The van der Waals surface area contributed by atoms with E-state index < -0.39 is 17.7 Å². The lowest BCUT2D eigenvalue weighted by Crippen LogP contribution is -2.44. The first kappa shape index (κ1) is 17.3. The number of carbonyl (C=O) groups is 1. The van der Waals surface area contributed by atoms with E-state index in [0.717, 1.165) is 4.47 Å². The van der Waals surface area contributed by atoms with E-state index in [1.165, 1.54) is 12.3 Å². The van der Waals surface area contributed by atoms with E-state index in [1.807, 2.05) is 0 Å². The van der Waals surface area contributed by atoms with E-state index in [-0.39, 0.29) is 30.6 Å². The van der Waals surface area contributed by atoms with E-state index in [1.54, 1.807) is 24.3 Å². The van der Waals surface area contributed by atoms with Crippen LogP contribution in [0, 0.1) is 0 Å². The number of rotatable bonds is 3. The van der Waals surface area contributed by atoms with Crippen molar-refractivity contribution in [1.29, 1.82) is 0 Å². The first-order valence-corrected chi connectivity index (χ1v) is 8.63. The fourth-order valence-corrected chi connectivity index (χ4v) is 3.58. The van der Waals surface area contributed by atoms with Crippen LogP contribution in [0.1, 0.15) is 35.8 Å². The molecule has 2 aromatic rings. The van der Waals surface area contributed by atoms with Crippen LogP contribution in [0.4, 0.5) is 4.39 Å². The molecule has 0 fully saturated rings. The molecular weight excluding hydrogens is 399 g/mol. The molecule has 0 spiro atoms. The van der Waals surface area contributed by atoms with Crippen LogP contribution in [0.2, 0.25) is 5.02 Å². The highest BCUT2D eigenvalue weighted by Crippen LogP contribution is 2.42. The second-order valence-corrected chi connectivity index (χ2v) is 7.03. The summed E-state index contributed by atoms with van der Waals surface area (Å²) in [4.78, 5) is 16.5. The van der Waals surface area contributed by atoms with Gasteiger partial charge in [0.05, 0.1) is 11.8 Å². The Morgan fingerprint density at radius 3 is 3.04 bits per heavy atom. The predicted octanol–water partition coefficient (Wildman–Crippen LogP) is 3.81. The second-order valence-electron chi connectivity index (χ2n) is 5.71. The lowest BCUT2D eigenvalue weighted by molar-refractivity contribution is -0.135. The number of nitrogens with zero attached hydrogens (tertiary/aromatic N) is 1. The molecule has 1 amide bonds. The molecule has 0 saturated carbocycles. The molecule has 0 saturated heterocycles. The van der Waals surface area contributed by atoms with Gasteiger partial charge in [-0.05, 0) is 36.6 Å². The lowest BCUT2D eigenvalue weighted by Gasteiger charge is -2.32. The highest BCUT2D eigenvalue weighted by molar-refractivity contribution is 9.10. The molecule has 24 heavy (non-hydrogen) atoms. The smallest absolute Gasteiger partial charge is 0.262 e. The van der Waals surface area contributed by atoms with E-state index in [9.17, 15) is 9.90 Å². The molecule has 1 aromatic carbocycles. The van der Waals surface area contributed by atoms with E-state index in [4.69, 9.17) is 11.6 Å². The van der Waals surface area contributed by atoms with Crippen LogP contribution in [0.5, 0.6) is 0 Å². The van der Waals surface area contributed by atoms with Crippen molar-refractivity contribution in [2.75, 3.05) is 0 Å². The van der Waals surface area contributed by atoms with Crippen molar-refractivity contribution in [3.63, 3.8) is 0 Å². The summed E-state index contributed by atoms with van der Waals surface area (Å²) < 4.78 is 16.2. The zero-order valence-electron chi connectivity index (χ0n) is 12.6. The number of nitrogens with one attached hydrogen (secondary N) is 1. The van der Waals surface area contributed by atoms with Gasteiger partial charge in [0.2, 0.25) is 5.67 Å². The van der Waals surface area contributed by atoms with Crippen LogP contribution in [-0.2, 0) is 17.0 Å². The number of halogens is 3. The van der Waals surface area contributed by atoms with Crippen molar-refractivity contribution in [3.8, 4) is 0 Å². The number of aromatic nitrogens is 1. The zero-order valence-corrected chi connectivity index (χ0v) is 14.9. The summed E-state index contributed by atoms with van der Waals surface area (Å²) in [5.74, 6) is -0.748. The molecule has 0 radical (unpaired) electrons. The molecule has 0 bridgehead atoms. The molecule has 1 aromatic heterocycles. The number of benzene rings is 1. The summed E-state index contributed by atoms with van der Waals surface area (Å²) in [7, 11) is 0. The third-order valence-corrected chi connectivity index (χ3v) is 5.00. The molecule has 0 aliphatic heterocycles. The predicted molar refractivity (Wildman–Crippen MR) is 92.2 cm³/mol. The monoisotopic (exact) mass is 412 g/mol. The molecule has 2 atom stereocenters. The minimum Gasteiger partial charge on any atom is -0.387 e. The van der Waals surface area contributed by atoms with Crippen molar-refractivity contribution >= 4 is 33.4 Å². The largest absolute Gasteiger partial charge is 0.387 e. The normalized spacial score (nSPS) is 22.8. The van der Waals surface area contributed by atoms with Crippen LogP contribution in [0.25, 0.3) is 0 Å². The average molecular weight is 414 g/mol. The molecule has 1 aliphatic rings. The summed E-state index contributed by atoms with van der Waals surface area (Å²) in [5.41, 5.74) is -1.16. The van der Waals surface area contributed by atoms with Crippen molar-refractivity contribution in [2.24, 2.45) is 0 Å². The molecule has 1 aliphatic carbocycles. The van der Waals surface area contributed by atoms with Crippen molar-refractivity contribution < 1.29 is 14.3 Å². The Morgan fingerprint density at radius 1 is 1.50 bits per heavy atom. The third-order valence-electron chi connectivity index (χ3n) is 4.16. The molecule has 2 N–H and O–H groups in total. The van der Waals surface area contributed by atoms with Crippen LogP contribution in [0.3, 0.4) is 0 Å². The minimum atomic E-state index is -2.20. The molecule has 1 heterocycles. The first-order chi connectivity index (χ1) is 11.4. The number of aliphatic hydroxyl groups is 1. The van der Waals surface area contributed by atoms with Gasteiger partial charge in [-0.1, -0.05) is 39.7 Å². The van der Waals surface area contributed by atoms with Crippen LogP contribution >= 0.6 is 27.5 Å². The highest BCUT2D eigenvalue weighted by Gasteiger charge is 2.46. The molecule has 2 unspecified atom stereocenters. The van der Waals surface area contributed by atoms with E-state index >= 15 is 4.39 Å². The van der Waals surface area contributed by atoms with Crippen molar-refractivity contribution in [2.45, 2.75) is 31.2 Å². The molecule has 126 valence electrons. The third kappa shape index (κ3) is 3.18. The van der Waals surface area contributed by atoms with Crippen LogP contribution < -0.4 is 5.32 Å². The van der Waals surface area contributed by atoms with Gasteiger partial charge in [0.25, 0.3) is 5.91 Å². The van der Waals surface area contributed by atoms with Crippen LogP contribution in [0.15, 0.2) is 41.0 Å². The fraction of sp³-hybridized carbons (Fsp3) is 0.294. The van der Waals surface area contributed by atoms with Gasteiger partial charge in [-0.3, -0.25) is 9.78 Å². The van der Waals surface area contributed by atoms with Gasteiger partial charge in [-0.15, -0.1) is 0 Å². The Morgan fingerprint density at radius 2 is 2.29 bits per heavy atom. The average Bonchev–Trinajstić information content (AvgIpc) is 2.57. The second kappa shape index (κ2) is 6.78. The Hall–Kier alpha value is -1.50. The summed E-state index contributed by atoms with van der Waals surface area (Å²) in [6.07, 6.45) is 0.686. The van der Waals surface area contributed by atoms with Gasteiger partial charge in [0.15, 0.2) is 0 Å². The standard InChI is InChI=1S/C17H15BrClFN2O2/c18-11-4-3-10(13(19)8-11)9-22-16(24)17(20)6-5-14(23)15-12(17)2-1-7-21-15/h1-4,7-8,14,23H,5-6,9H2,(H,22,24). The number of hydrogen-bond acceptors (Lipinski definition) is 3. The van der Waals surface area contributed by atoms with Gasteiger partial charge >= 0.3 is 0 Å². The first-order valence-electron chi connectivity index (χ1n) is 7.46. The number of aliphatic hydroxyl groups excluding tert-OH is 1. The van der Waals surface area contributed by atoms with Gasteiger partial charge in [0, 0.05) is 27.8 Å². The van der Waals surface area contributed by atoms with Crippen LogP contribution in [-0.4, -0.2) is 16.0 Å². The summed E-state index contributed by atoms with van der Waals surface area (Å²) in [6, 6.07) is 8.33. The van der Waals surface area contributed by atoms with Gasteiger partial charge < -0.3 is 10.4 Å². The van der Waals surface area contributed by atoms with Gasteiger partial charge in [-0.2, -0.15) is 0 Å². The van der Waals surface area contributed by atoms with Crippen molar-refractivity contribution in [3.05, 3.63) is 62.8 Å². The quantitative estimate of drug-likeness (QED) is 0.804. The number of pyridine rings is 1. The fourth-order valence-electron chi connectivity index (χ4n) is 2.84. The lowest BCUT2D eigenvalue weighted by atomic mass is 9.81. The van der Waals surface area contributed by atoms with Crippen molar-refractivity contribution in [1.82, 2.24) is 10.3 Å². The summed E-state index contributed by atoms with van der Waals surface area (Å²) in [6.45, 7) is 0.120. The maximum atomic E-state index is 15.4. The molecule has 7 heteroatoms. The Kier molecular flexibility index (Phi) is 4.90. The Labute approximate surface area is 152 Å². The SMILES string of the molecule is O=C(NCc1ccc(Br)cc1Cl)C1(F)CCC(O)c2ncccc21. The number of alkyl halides is 1. The number of hydrogen-bond donors (Lipinski definition) is 2. The summed E-state index contributed by atoms with van der Waals surface area (Å²) >= 11 is 9.42. The number of fused-ring (bicyclic) bond motifs is 1. The Bertz CT molecular complexity index is 789. The Balaban J connectivity index is 1.81. The maximum absolute atomic E-state index is 15.4. The van der Waals surface area contributed by atoms with Gasteiger partial charge in [0.1, 0.15) is 0 Å². The highest BCUT2D eigenvalue weighted by atomic mass is 79.9. The maximum Gasteiger partial charge on any atom is 0.262 e. The van der Waals surface area contributed by atoms with E-state index in [0.29, 0.717) is 10.6 Å². The van der Waals surface area contributed by atoms with Gasteiger partial charge in [-0.25, -0.2) is 4.39 Å². The number of amides is 1. The topological polar surface area (TPSA) is 62.2 Å². The molecule has 4 nitrogen and oxygen atoms in total. The molecule has 3 rings (SSSR count). The van der Waals surface area contributed by atoms with E-state index in [2.05, 4.69) is 26.2 Å².